The Labute approximate surface area is 125 Å². The smallest absolute Gasteiger partial charge is 0.357 e. The van der Waals surface area contributed by atoms with Crippen molar-refractivity contribution in [2.75, 3.05) is 19.7 Å². The molecule has 112 valence electrons. The summed E-state index contributed by atoms with van der Waals surface area (Å²) in [5.41, 5.74) is 0.469. The molecule has 0 aromatic carbocycles. The van der Waals surface area contributed by atoms with Crippen molar-refractivity contribution >= 4 is 17.3 Å². The maximum Gasteiger partial charge on any atom is 0.357 e. The minimum Gasteiger partial charge on any atom is -0.461 e. The Morgan fingerprint density at radius 2 is 2.20 bits per heavy atom. The molecular weight excluding hydrogens is 272 g/mol. The first-order valence-electron chi connectivity index (χ1n) is 7.52. The van der Waals surface area contributed by atoms with E-state index in [1.807, 2.05) is 12.3 Å². The summed E-state index contributed by atoms with van der Waals surface area (Å²) >= 11 is 1.60. The van der Waals surface area contributed by atoms with Gasteiger partial charge in [-0.25, -0.2) is 9.78 Å². The monoisotopic (exact) mass is 296 g/mol. The number of likely N-dealkylation sites (tertiary alicyclic amines) is 1. The zero-order valence-corrected chi connectivity index (χ0v) is 13.4. The van der Waals surface area contributed by atoms with Crippen LogP contribution in [0.25, 0.3) is 0 Å². The van der Waals surface area contributed by atoms with Crippen molar-refractivity contribution in [2.24, 2.45) is 0 Å². The summed E-state index contributed by atoms with van der Waals surface area (Å²) in [5.74, 6) is 0.204. The van der Waals surface area contributed by atoms with Gasteiger partial charge >= 0.3 is 5.97 Å². The van der Waals surface area contributed by atoms with Crippen LogP contribution in [0.4, 0.5) is 0 Å². The summed E-state index contributed by atoms with van der Waals surface area (Å²) in [7, 11) is 0. The first-order valence-corrected chi connectivity index (χ1v) is 8.40. The maximum absolute atomic E-state index is 11.6. The standard InChI is InChI=1S/C15H24N2O2S/c1-4-11(3)17-8-6-12(7-9-17)14-16-13(10-20-14)15(18)19-5-2/h10-12H,4-9H2,1-3H3. The van der Waals surface area contributed by atoms with Gasteiger partial charge in [0, 0.05) is 17.3 Å². The number of hydrogen-bond acceptors (Lipinski definition) is 5. The summed E-state index contributed by atoms with van der Waals surface area (Å²) in [6, 6.07) is 0.669. The number of rotatable bonds is 5. The predicted octanol–water partition coefficient (Wildman–Crippen LogP) is 3.30. The maximum atomic E-state index is 11.6. The molecule has 2 rings (SSSR count). The second-order valence-corrected chi connectivity index (χ2v) is 6.25. The van der Waals surface area contributed by atoms with E-state index in [2.05, 4.69) is 23.7 Å². The highest BCUT2D eigenvalue weighted by molar-refractivity contribution is 7.09. The van der Waals surface area contributed by atoms with Gasteiger partial charge in [-0.05, 0) is 46.2 Å². The van der Waals surface area contributed by atoms with Crippen molar-refractivity contribution in [1.29, 1.82) is 0 Å². The molecule has 5 heteroatoms. The van der Waals surface area contributed by atoms with Crippen LogP contribution in [0.3, 0.4) is 0 Å². The first kappa shape index (κ1) is 15.4. The third kappa shape index (κ3) is 3.58. The molecule has 0 radical (unpaired) electrons. The molecule has 0 amide bonds. The summed E-state index contributed by atoms with van der Waals surface area (Å²) in [5, 5.41) is 2.92. The van der Waals surface area contributed by atoms with Crippen molar-refractivity contribution in [1.82, 2.24) is 9.88 Å². The fourth-order valence-corrected chi connectivity index (χ4v) is 3.58. The summed E-state index contributed by atoms with van der Waals surface area (Å²) in [4.78, 5) is 18.7. The van der Waals surface area contributed by atoms with E-state index in [0.29, 0.717) is 24.3 Å². The van der Waals surface area contributed by atoms with Crippen LogP contribution in [0, 0.1) is 0 Å². The summed E-state index contributed by atoms with van der Waals surface area (Å²) < 4.78 is 4.99. The number of ether oxygens (including phenoxy) is 1. The molecule has 1 unspecified atom stereocenters. The molecule has 0 aliphatic carbocycles. The van der Waals surface area contributed by atoms with Crippen molar-refractivity contribution in [3.8, 4) is 0 Å². The number of piperidine rings is 1. The Morgan fingerprint density at radius 3 is 2.80 bits per heavy atom. The van der Waals surface area contributed by atoms with E-state index in [4.69, 9.17) is 4.74 Å². The van der Waals surface area contributed by atoms with Gasteiger partial charge in [-0.2, -0.15) is 0 Å². The van der Waals surface area contributed by atoms with Crippen LogP contribution in [0.1, 0.15) is 61.4 Å². The summed E-state index contributed by atoms with van der Waals surface area (Å²) in [6.45, 7) is 9.02. The normalized spacial score (nSPS) is 18.9. The van der Waals surface area contributed by atoms with Crippen LogP contribution in [0.2, 0.25) is 0 Å². The van der Waals surface area contributed by atoms with Crippen LogP contribution in [0.5, 0.6) is 0 Å². The van der Waals surface area contributed by atoms with Gasteiger partial charge in [-0.1, -0.05) is 6.92 Å². The molecule has 4 nitrogen and oxygen atoms in total. The highest BCUT2D eigenvalue weighted by atomic mass is 32.1. The number of esters is 1. The zero-order chi connectivity index (χ0) is 14.5. The predicted molar refractivity (Wildman–Crippen MR) is 81.4 cm³/mol. The zero-order valence-electron chi connectivity index (χ0n) is 12.6. The van der Waals surface area contributed by atoms with E-state index in [9.17, 15) is 4.79 Å². The molecular formula is C15H24N2O2S. The molecule has 1 fully saturated rings. The van der Waals surface area contributed by atoms with Crippen LogP contribution in [-0.2, 0) is 4.74 Å². The molecule has 0 saturated carbocycles. The van der Waals surface area contributed by atoms with Gasteiger partial charge in [0.05, 0.1) is 11.6 Å². The lowest BCUT2D eigenvalue weighted by molar-refractivity contribution is 0.0520. The van der Waals surface area contributed by atoms with Crippen LogP contribution < -0.4 is 0 Å². The van der Waals surface area contributed by atoms with E-state index in [1.54, 1.807) is 11.3 Å². The van der Waals surface area contributed by atoms with Gasteiger partial charge in [-0.15, -0.1) is 11.3 Å². The quantitative estimate of drug-likeness (QED) is 0.782. The minimum absolute atomic E-state index is 0.299. The molecule has 0 N–H and O–H groups in total. The number of aromatic nitrogens is 1. The van der Waals surface area contributed by atoms with Gasteiger partial charge in [0.25, 0.3) is 0 Å². The molecule has 1 aromatic heterocycles. The van der Waals surface area contributed by atoms with Crippen LogP contribution in [-0.4, -0.2) is 41.6 Å². The molecule has 1 aliphatic heterocycles. The second-order valence-electron chi connectivity index (χ2n) is 5.36. The Balaban J connectivity index is 1.92. The van der Waals surface area contributed by atoms with Gasteiger partial charge in [0.15, 0.2) is 5.69 Å². The minimum atomic E-state index is -0.299. The van der Waals surface area contributed by atoms with E-state index in [1.165, 1.54) is 6.42 Å². The van der Waals surface area contributed by atoms with Crippen molar-refractivity contribution in [2.45, 2.75) is 52.0 Å². The van der Waals surface area contributed by atoms with Crippen molar-refractivity contribution in [3.63, 3.8) is 0 Å². The molecule has 1 aromatic rings. The van der Waals surface area contributed by atoms with E-state index in [-0.39, 0.29) is 5.97 Å². The molecule has 2 heterocycles. The van der Waals surface area contributed by atoms with E-state index < -0.39 is 0 Å². The molecule has 1 saturated heterocycles. The average Bonchev–Trinajstić information content (AvgIpc) is 2.97. The molecule has 1 atom stereocenters. The fourth-order valence-electron chi connectivity index (χ4n) is 2.62. The summed E-state index contributed by atoms with van der Waals surface area (Å²) in [6.07, 6.45) is 3.48. The van der Waals surface area contributed by atoms with Gasteiger partial charge in [0.2, 0.25) is 0 Å². The Bertz CT molecular complexity index is 439. The van der Waals surface area contributed by atoms with Crippen LogP contribution >= 0.6 is 11.3 Å². The largest absolute Gasteiger partial charge is 0.461 e. The SMILES string of the molecule is CCOC(=O)c1csc(C2CCN(C(C)CC)CC2)n1. The van der Waals surface area contributed by atoms with E-state index in [0.717, 1.165) is 30.9 Å². The molecule has 1 aliphatic rings. The van der Waals surface area contributed by atoms with Crippen molar-refractivity contribution < 1.29 is 9.53 Å². The number of nitrogens with zero attached hydrogens (tertiary/aromatic N) is 2. The lowest BCUT2D eigenvalue weighted by atomic mass is 9.96. The second kappa shape index (κ2) is 7.18. The topological polar surface area (TPSA) is 42.4 Å². The molecule has 20 heavy (non-hydrogen) atoms. The Morgan fingerprint density at radius 1 is 1.50 bits per heavy atom. The lowest BCUT2D eigenvalue weighted by Crippen LogP contribution is -2.39. The average molecular weight is 296 g/mol. The number of hydrogen-bond donors (Lipinski definition) is 0. The van der Waals surface area contributed by atoms with Gasteiger partial charge in [-0.3, -0.25) is 0 Å². The van der Waals surface area contributed by atoms with Crippen LogP contribution in [0.15, 0.2) is 5.38 Å². The van der Waals surface area contributed by atoms with Gasteiger partial charge < -0.3 is 9.64 Å². The number of carbonyl (C=O) groups excluding carboxylic acids is 1. The molecule has 0 bridgehead atoms. The highest BCUT2D eigenvalue weighted by Gasteiger charge is 2.25. The third-order valence-electron chi connectivity index (χ3n) is 4.10. The Kier molecular flexibility index (Phi) is 5.54. The number of thiazole rings is 1. The molecule has 0 spiro atoms. The van der Waals surface area contributed by atoms with Crippen molar-refractivity contribution in [3.05, 3.63) is 16.1 Å². The Hall–Kier alpha value is -0.940. The van der Waals surface area contributed by atoms with Gasteiger partial charge in [0.1, 0.15) is 0 Å². The fraction of sp³-hybridized carbons (Fsp3) is 0.733. The number of carbonyl (C=O) groups is 1. The van der Waals surface area contributed by atoms with E-state index >= 15 is 0 Å². The first-order chi connectivity index (χ1) is 9.65. The highest BCUT2D eigenvalue weighted by Crippen LogP contribution is 2.31. The lowest BCUT2D eigenvalue weighted by Gasteiger charge is -2.35. The third-order valence-corrected chi connectivity index (χ3v) is 5.11.